The molecule has 4 rings (SSSR count). The van der Waals surface area contributed by atoms with E-state index in [2.05, 4.69) is 10.4 Å². The quantitative estimate of drug-likeness (QED) is 0.685. The molecular weight excluding hydrogens is 380 g/mol. The summed E-state index contributed by atoms with van der Waals surface area (Å²) in [6, 6.07) is 20.1. The fraction of sp³-hybridized carbons (Fsp3) is 0.217. The van der Waals surface area contributed by atoms with E-state index in [-0.39, 0.29) is 36.0 Å². The van der Waals surface area contributed by atoms with Crippen LogP contribution in [0.4, 0.5) is 5.69 Å². The Morgan fingerprint density at radius 2 is 1.73 bits per heavy atom. The molecule has 0 saturated heterocycles. The highest BCUT2D eigenvalue weighted by Gasteiger charge is 2.26. The van der Waals surface area contributed by atoms with Gasteiger partial charge in [0.1, 0.15) is 5.69 Å². The molecule has 3 aromatic rings. The fourth-order valence-electron chi connectivity index (χ4n) is 3.50. The van der Waals surface area contributed by atoms with Crippen LogP contribution in [0.3, 0.4) is 0 Å². The third-order valence-electron chi connectivity index (χ3n) is 5.10. The van der Waals surface area contributed by atoms with Crippen molar-refractivity contribution in [3.63, 3.8) is 0 Å². The van der Waals surface area contributed by atoms with Crippen LogP contribution in [0.15, 0.2) is 71.5 Å². The number of nitrogens with one attached hydrogen (secondary N) is 1. The number of aromatic nitrogens is 2. The first kappa shape index (κ1) is 19.6. The smallest absolute Gasteiger partial charge is 0.278 e. The van der Waals surface area contributed by atoms with Gasteiger partial charge in [-0.2, -0.15) is 5.10 Å². The summed E-state index contributed by atoms with van der Waals surface area (Å²) in [5.74, 6) is -0.431. The van der Waals surface area contributed by atoms with E-state index in [0.29, 0.717) is 13.1 Å². The van der Waals surface area contributed by atoms with Gasteiger partial charge in [0.15, 0.2) is 0 Å². The number of hydrogen-bond acceptors (Lipinski definition) is 4. The topological polar surface area (TPSA) is 84.3 Å². The van der Waals surface area contributed by atoms with E-state index in [1.54, 1.807) is 4.90 Å². The Hall–Kier alpha value is -3.74. The molecule has 7 nitrogen and oxygen atoms in total. The highest BCUT2D eigenvalue weighted by Crippen LogP contribution is 2.28. The van der Waals surface area contributed by atoms with Gasteiger partial charge in [-0.3, -0.25) is 14.4 Å². The normalized spacial score (nSPS) is 12.5. The van der Waals surface area contributed by atoms with Crippen molar-refractivity contribution in [3.05, 3.63) is 93.9 Å². The van der Waals surface area contributed by atoms with Gasteiger partial charge >= 0.3 is 0 Å². The van der Waals surface area contributed by atoms with E-state index in [1.165, 1.54) is 16.8 Å². The number of carbonyl (C=O) groups is 2. The highest BCUT2D eigenvalue weighted by atomic mass is 16.2. The van der Waals surface area contributed by atoms with Crippen molar-refractivity contribution in [2.75, 3.05) is 11.4 Å². The zero-order valence-corrected chi connectivity index (χ0v) is 16.5. The number of fused-ring (bicyclic) bond motifs is 1. The molecule has 1 aliphatic rings. The van der Waals surface area contributed by atoms with Crippen LogP contribution < -0.4 is 15.8 Å². The monoisotopic (exact) mass is 402 g/mol. The molecule has 30 heavy (non-hydrogen) atoms. The molecule has 1 aliphatic heterocycles. The van der Waals surface area contributed by atoms with Crippen LogP contribution in [0.25, 0.3) is 0 Å². The average molecular weight is 402 g/mol. The molecule has 1 aromatic heterocycles. The lowest BCUT2D eigenvalue weighted by atomic mass is 10.2. The van der Waals surface area contributed by atoms with Crippen LogP contribution in [0, 0.1) is 0 Å². The van der Waals surface area contributed by atoms with Gasteiger partial charge in [0.25, 0.3) is 11.5 Å². The van der Waals surface area contributed by atoms with Gasteiger partial charge in [0.2, 0.25) is 5.91 Å². The third-order valence-corrected chi connectivity index (χ3v) is 5.10. The summed E-state index contributed by atoms with van der Waals surface area (Å²) in [5, 5.41) is 7.04. The van der Waals surface area contributed by atoms with Gasteiger partial charge in [0.05, 0.1) is 6.54 Å². The van der Waals surface area contributed by atoms with Gasteiger partial charge in [-0.25, -0.2) is 4.68 Å². The van der Waals surface area contributed by atoms with Gasteiger partial charge < -0.3 is 10.2 Å². The Bertz CT molecular complexity index is 1120. The molecule has 2 heterocycles. The van der Waals surface area contributed by atoms with Gasteiger partial charge in [0, 0.05) is 31.3 Å². The van der Waals surface area contributed by atoms with Crippen LogP contribution in [-0.2, 0) is 24.3 Å². The number of hydrogen-bond donors (Lipinski definition) is 1. The minimum absolute atomic E-state index is 0.101. The van der Waals surface area contributed by atoms with Crippen molar-refractivity contribution in [1.82, 2.24) is 15.1 Å². The molecule has 0 saturated carbocycles. The predicted molar refractivity (Wildman–Crippen MR) is 113 cm³/mol. The van der Waals surface area contributed by atoms with E-state index in [4.69, 9.17) is 0 Å². The summed E-state index contributed by atoms with van der Waals surface area (Å²) in [7, 11) is 0. The maximum absolute atomic E-state index is 12.9. The molecule has 0 unspecified atom stereocenters. The van der Waals surface area contributed by atoms with E-state index in [1.807, 2.05) is 54.6 Å². The van der Waals surface area contributed by atoms with Crippen molar-refractivity contribution in [2.45, 2.75) is 25.9 Å². The molecule has 0 spiro atoms. The van der Waals surface area contributed by atoms with Crippen molar-refractivity contribution in [1.29, 1.82) is 0 Å². The summed E-state index contributed by atoms with van der Waals surface area (Å²) >= 11 is 0. The zero-order chi connectivity index (χ0) is 20.9. The summed E-state index contributed by atoms with van der Waals surface area (Å²) in [6.07, 6.45) is 0.896. The van der Waals surface area contributed by atoms with E-state index in [0.717, 1.165) is 23.2 Å². The summed E-state index contributed by atoms with van der Waals surface area (Å²) in [6.45, 7) is 1.12. The molecule has 0 aliphatic carbocycles. The lowest BCUT2D eigenvalue weighted by Gasteiger charge is -2.17. The SMILES string of the molecule is O=C(CCn1nc(C(=O)N2CCc3ccccc32)ccc1=O)NCc1ccccc1. The molecule has 0 bridgehead atoms. The van der Waals surface area contributed by atoms with Crippen LogP contribution in [-0.4, -0.2) is 28.1 Å². The Morgan fingerprint density at radius 1 is 0.967 bits per heavy atom. The van der Waals surface area contributed by atoms with Crippen LogP contribution in [0.5, 0.6) is 0 Å². The predicted octanol–water partition coefficient (Wildman–Crippen LogP) is 2.15. The lowest BCUT2D eigenvalue weighted by Crippen LogP contribution is -2.33. The largest absolute Gasteiger partial charge is 0.352 e. The molecular formula is C23H22N4O3. The summed E-state index contributed by atoms with van der Waals surface area (Å²) in [5.41, 5.74) is 2.84. The number of nitrogens with zero attached hydrogens (tertiary/aromatic N) is 3. The van der Waals surface area contributed by atoms with Crippen LogP contribution >= 0.6 is 0 Å². The second-order valence-electron chi connectivity index (χ2n) is 7.13. The Balaban J connectivity index is 1.40. The number of rotatable bonds is 6. The molecule has 2 amide bonds. The minimum atomic E-state index is -0.343. The standard InChI is InChI=1S/C23H22N4O3/c28-21(24-16-17-6-2-1-3-7-17)13-15-27-22(29)11-10-19(25-27)23(30)26-14-12-18-8-4-5-9-20(18)26/h1-11H,12-16H2,(H,24,28). The van der Waals surface area contributed by atoms with Crippen molar-refractivity contribution in [2.24, 2.45) is 0 Å². The van der Waals surface area contributed by atoms with Gasteiger partial charge in [-0.15, -0.1) is 0 Å². The first-order chi connectivity index (χ1) is 14.6. The number of benzene rings is 2. The molecule has 0 atom stereocenters. The molecule has 2 aromatic carbocycles. The molecule has 0 radical (unpaired) electrons. The minimum Gasteiger partial charge on any atom is -0.352 e. The second kappa shape index (κ2) is 8.73. The van der Waals surface area contributed by atoms with E-state index in [9.17, 15) is 14.4 Å². The van der Waals surface area contributed by atoms with Crippen LogP contribution in [0.1, 0.15) is 28.0 Å². The molecule has 152 valence electrons. The first-order valence-corrected chi connectivity index (χ1v) is 9.90. The summed E-state index contributed by atoms with van der Waals surface area (Å²) < 4.78 is 1.18. The Labute approximate surface area is 174 Å². The maximum Gasteiger partial charge on any atom is 0.278 e. The lowest BCUT2D eigenvalue weighted by molar-refractivity contribution is -0.121. The fourth-order valence-corrected chi connectivity index (χ4v) is 3.50. The number of anilines is 1. The second-order valence-corrected chi connectivity index (χ2v) is 7.13. The average Bonchev–Trinajstić information content (AvgIpc) is 3.21. The Kier molecular flexibility index (Phi) is 5.70. The van der Waals surface area contributed by atoms with Gasteiger partial charge in [-0.1, -0.05) is 48.5 Å². The number of amides is 2. The number of carbonyl (C=O) groups excluding carboxylic acids is 2. The van der Waals surface area contributed by atoms with Crippen molar-refractivity contribution in [3.8, 4) is 0 Å². The molecule has 0 fully saturated rings. The Morgan fingerprint density at radius 3 is 2.57 bits per heavy atom. The van der Waals surface area contributed by atoms with Crippen molar-refractivity contribution < 1.29 is 9.59 Å². The number of para-hydroxylation sites is 1. The van der Waals surface area contributed by atoms with Gasteiger partial charge in [-0.05, 0) is 29.7 Å². The highest BCUT2D eigenvalue weighted by molar-refractivity contribution is 6.05. The molecule has 1 N–H and O–H groups in total. The zero-order valence-electron chi connectivity index (χ0n) is 16.5. The van der Waals surface area contributed by atoms with Crippen molar-refractivity contribution >= 4 is 17.5 Å². The van der Waals surface area contributed by atoms with Crippen LogP contribution in [0.2, 0.25) is 0 Å². The number of aryl methyl sites for hydroxylation is 1. The van der Waals surface area contributed by atoms with E-state index >= 15 is 0 Å². The molecule has 7 heteroatoms. The summed E-state index contributed by atoms with van der Waals surface area (Å²) in [4.78, 5) is 38.9. The first-order valence-electron chi connectivity index (χ1n) is 9.90. The maximum atomic E-state index is 12.9. The van der Waals surface area contributed by atoms with E-state index < -0.39 is 0 Å². The third kappa shape index (κ3) is 4.30.